The van der Waals surface area contributed by atoms with Gasteiger partial charge in [-0.2, -0.15) is 0 Å². The summed E-state index contributed by atoms with van der Waals surface area (Å²) < 4.78 is 0. The van der Waals surface area contributed by atoms with E-state index in [1.54, 1.807) is 17.5 Å². The van der Waals surface area contributed by atoms with Gasteiger partial charge in [0, 0.05) is 12.3 Å². The third-order valence-corrected chi connectivity index (χ3v) is 2.20. The predicted octanol–water partition coefficient (Wildman–Crippen LogP) is 2.61. The Kier molecular flexibility index (Phi) is 1.69. The Morgan fingerprint density at radius 1 is 1.36 bits per heavy atom. The lowest BCUT2D eigenvalue weighted by atomic mass is 10.3. The first-order chi connectivity index (χ1) is 5.47. The van der Waals surface area contributed by atoms with E-state index in [-0.39, 0.29) is 0 Å². The number of hydrogen-bond acceptors (Lipinski definition) is 2. The van der Waals surface area contributed by atoms with Crippen LogP contribution in [0, 0.1) is 6.07 Å². The molecule has 2 heteroatoms. The van der Waals surface area contributed by atoms with Gasteiger partial charge in [-0.1, -0.05) is 6.07 Å². The molecule has 1 radical (unpaired) electrons. The van der Waals surface area contributed by atoms with Gasteiger partial charge in [-0.05, 0) is 23.6 Å². The molecule has 0 fully saturated rings. The quantitative estimate of drug-likeness (QED) is 0.625. The highest BCUT2D eigenvalue weighted by molar-refractivity contribution is 7.13. The summed E-state index contributed by atoms with van der Waals surface area (Å²) >= 11 is 1.66. The Balaban J connectivity index is 2.46. The second-order valence-electron chi connectivity index (χ2n) is 2.11. The molecule has 0 aromatic carbocycles. The third kappa shape index (κ3) is 1.30. The largest absolute Gasteiger partial charge is 0.255 e. The molecule has 2 aromatic rings. The summed E-state index contributed by atoms with van der Waals surface area (Å²) in [6.07, 6.45) is 1.79. The molecular weight excluding hydrogens is 154 g/mol. The Hall–Kier alpha value is -1.15. The molecule has 0 aliphatic heterocycles. The molecule has 0 atom stereocenters. The highest BCUT2D eigenvalue weighted by Gasteiger charge is 1.96. The van der Waals surface area contributed by atoms with Crippen LogP contribution in [0.5, 0.6) is 0 Å². The van der Waals surface area contributed by atoms with Gasteiger partial charge in [0.1, 0.15) is 0 Å². The summed E-state index contributed by atoms with van der Waals surface area (Å²) in [7, 11) is 0. The minimum Gasteiger partial charge on any atom is -0.255 e. The summed E-state index contributed by atoms with van der Waals surface area (Å²) in [5.74, 6) is 0. The Bertz CT molecular complexity index is 313. The number of rotatable bonds is 1. The lowest BCUT2D eigenvalue weighted by molar-refractivity contribution is 1.34. The van der Waals surface area contributed by atoms with Crippen LogP contribution >= 0.6 is 11.3 Å². The van der Waals surface area contributed by atoms with Crippen molar-refractivity contribution in [3.8, 4) is 10.6 Å². The monoisotopic (exact) mass is 160 g/mol. The number of hydrogen-bond donors (Lipinski definition) is 0. The minimum atomic E-state index is 1.00. The fraction of sp³-hybridized carbons (Fsp3) is 0. The standard InChI is InChI=1S/C9H6NS/c1-2-6-10-8(4-1)9-5-3-7-11-9/h1-4,6-7H. The van der Waals surface area contributed by atoms with Gasteiger partial charge in [0.15, 0.2) is 0 Å². The molecule has 0 saturated heterocycles. The number of pyridine rings is 1. The maximum Gasteiger partial charge on any atom is 0.0807 e. The number of aromatic nitrogens is 1. The molecule has 1 nitrogen and oxygen atoms in total. The molecular formula is C9H6NS. The molecule has 53 valence electrons. The van der Waals surface area contributed by atoms with Crippen LogP contribution in [0.15, 0.2) is 35.8 Å². The molecule has 2 heterocycles. The molecule has 0 saturated carbocycles. The second kappa shape index (κ2) is 2.84. The normalized spacial score (nSPS) is 9.82. The summed E-state index contributed by atoms with van der Waals surface area (Å²) in [6, 6.07) is 10.9. The van der Waals surface area contributed by atoms with Crippen LogP contribution < -0.4 is 0 Å². The summed E-state index contributed by atoms with van der Waals surface area (Å²) in [5, 5.41) is 2.00. The highest BCUT2D eigenvalue weighted by Crippen LogP contribution is 2.20. The smallest absolute Gasteiger partial charge is 0.0807 e. The van der Waals surface area contributed by atoms with Crippen LogP contribution in [0.4, 0.5) is 0 Å². The second-order valence-corrected chi connectivity index (χ2v) is 3.03. The summed E-state index contributed by atoms with van der Waals surface area (Å²) in [4.78, 5) is 5.30. The minimum absolute atomic E-state index is 1.00. The summed E-state index contributed by atoms with van der Waals surface area (Å²) in [6.45, 7) is 0. The van der Waals surface area contributed by atoms with Crippen molar-refractivity contribution in [3.63, 3.8) is 0 Å². The van der Waals surface area contributed by atoms with E-state index >= 15 is 0 Å². The predicted molar refractivity (Wildman–Crippen MR) is 46.4 cm³/mol. The first-order valence-corrected chi connectivity index (χ1v) is 4.21. The fourth-order valence-corrected chi connectivity index (χ4v) is 1.53. The maximum atomic E-state index is 4.20. The average Bonchev–Trinajstić information content (AvgIpc) is 2.58. The van der Waals surface area contributed by atoms with Gasteiger partial charge < -0.3 is 0 Å². The van der Waals surface area contributed by atoms with Crippen molar-refractivity contribution in [2.45, 2.75) is 0 Å². The van der Waals surface area contributed by atoms with Crippen molar-refractivity contribution in [2.24, 2.45) is 0 Å². The van der Waals surface area contributed by atoms with Crippen LogP contribution in [0.3, 0.4) is 0 Å². The zero-order valence-corrected chi connectivity index (χ0v) is 6.64. The van der Waals surface area contributed by atoms with Crippen LogP contribution in [0.1, 0.15) is 0 Å². The molecule has 0 bridgehead atoms. The molecule has 2 aromatic heterocycles. The molecule has 0 aliphatic rings. The number of thiophene rings is 1. The third-order valence-electron chi connectivity index (χ3n) is 1.37. The number of nitrogens with zero attached hydrogens (tertiary/aromatic N) is 1. The zero-order chi connectivity index (χ0) is 7.52. The lowest BCUT2D eigenvalue weighted by Crippen LogP contribution is -1.75. The maximum absolute atomic E-state index is 4.20. The highest BCUT2D eigenvalue weighted by atomic mass is 32.1. The van der Waals surface area contributed by atoms with Gasteiger partial charge in [-0.3, -0.25) is 4.98 Å². The van der Waals surface area contributed by atoms with Gasteiger partial charge in [0.2, 0.25) is 0 Å². The zero-order valence-electron chi connectivity index (χ0n) is 5.82. The summed E-state index contributed by atoms with van der Waals surface area (Å²) in [5.41, 5.74) is 1.00. The van der Waals surface area contributed by atoms with Crippen molar-refractivity contribution in [1.82, 2.24) is 4.98 Å². The molecule has 0 unspecified atom stereocenters. The molecule has 0 aliphatic carbocycles. The van der Waals surface area contributed by atoms with Crippen molar-refractivity contribution >= 4 is 11.3 Å². The van der Waals surface area contributed by atoms with E-state index in [4.69, 9.17) is 0 Å². The van der Waals surface area contributed by atoms with E-state index in [9.17, 15) is 0 Å². The SMILES string of the molecule is [c]1ccsc1-c1ccccn1. The molecule has 0 N–H and O–H groups in total. The average molecular weight is 160 g/mol. The van der Waals surface area contributed by atoms with Gasteiger partial charge >= 0.3 is 0 Å². The molecule has 0 spiro atoms. The lowest BCUT2D eigenvalue weighted by Gasteiger charge is -1.91. The Morgan fingerprint density at radius 2 is 2.36 bits per heavy atom. The van der Waals surface area contributed by atoms with Gasteiger partial charge in [-0.25, -0.2) is 0 Å². The first-order valence-electron chi connectivity index (χ1n) is 3.33. The van der Waals surface area contributed by atoms with Gasteiger partial charge in [0.25, 0.3) is 0 Å². The van der Waals surface area contributed by atoms with Crippen molar-refractivity contribution in [3.05, 3.63) is 41.9 Å². The van der Waals surface area contributed by atoms with E-state index < -0.39 is 0 Å². The van der Waals surface area contributed by atoms with E-state index in [1.807, 2.05) is 29.6 Å². The van der Waals surface area contributed by atoms with E-state index in [0.29, 0.717) is 0 Å². The fourth-order valence-electron chi connectivity index (χ4n) is 0.877. The van der Waals surface area contributed by atoms with E-state index in [2.05, 4.69) is 11.1 Å². The van der Waals surface area contributed by atoms with Crippen LogP contribution in [0.25, 0.3) is 10.6 Å². The van der Waals surface area contributed by atoms with E-state index in [0.717, 1.165) is 10.6 Å². The Labute approximate surface area is 69.3 Å². The van der Waals surface area contributed by atoms with Crippen molar-refractivity contribution < 1.29 is 0 Å². The van der Waals surface area contributed by atoms with E-state index in [1.165, 1.54) is 0 Å². The Morgan fingerprint density at radius 3 is 3.00 bits per heavy atom. The van der Waals surface area contributed by atoms with Crippen molar-refractivity contribution in [1.29, 1.82) is 0 Å². The topological polar surface area (TPSA) is 12.9 Å². The molecule has 0 amide bonds. The van der Waals surface area contributed by atoms with Crippen LogP contribution in [-0.2, 0) is 0 Å². The van der Waals surface area contributed by atoms with Crippen molar-refractivity contribution in [2.75, 3.05) is 0 Å². The molecule has 11 heavy (non-hydrogen) atoms. The van der Waals surface area contributed by atoms with Crippen LogP contribution in [0.2, 0.25) is 0 Å². The van der Waals surface area contributed by atoms with Gasteiger partial charge in [0.05, 0.1) is 10.6 Å². The molecule has 2 rings (SSSR count). The van der Waals surface area contributed by atoms with Gasteiger partial charge in [-0.15, -0.1) is 11.3 Å². The van der Waals surface area contributed by atoms with Crippen LogP contribution in [-0.4, -0.2) is 4.98 Å². The first kappa shape index (κ1) is 6.55.